The molecule has 1 aromatic rings. The molecule has 1 atom stereocenters. The van der Waals surface area contributed by atoms with Gasteiger partial charge in [-0.25, -0.2) is 0 Å². The first kappa shape index (κ1) is 18.2. The molecule has 5 heteroatoms. The van der Waals surface area contributed by atoms with E-state index in [1.54, 1.807) is 18.2 Å². The second kappa shape index (κ2) is 7.07. The van der Waals surface area contributed by atoms with Crippen LogP contribution < -0.4 is 14.8 Å². The molecular formula is C22H28N2O3. The molecule has 0 aromatic heterocycles. The van der Waals surface area contributed by atoms with Crippen LogP contribution >= 0.6 is 0 Å². The molecule has 1 unspecified atom stereocenters. The molecule has 5 nitrogen and oxygen atoms in total. The third-order valence-electron chi connectivity index (χ3n) is 7.03. The van der Waals surface area contributed by atoms with Gasteiger partial charge in [0.25, 0.3) is 5.91 Å². The maximum absolute atomic E-state index is 12.5. The number of rotatable bonds is 6. The Morgan fingerprint density at radius 3 is 2.41 bits per heavy atom. The lowest BCUT2D eigenvalue weighted by Crippen LogP contribution is -2.56. The molecule has 5 rings (SSSR count). The standard InChI is InChI=1S/C22H28N2O3/c1-14(22-9-16-5-17(10-22)7-18(6-16)11-22)24-21(25)13-27-19-4-3-15(12-23)8-20(19)26-2/h3-4,8,14,16-18H,5-7,9-11,13H2,1-2H3,(H,24,25). The van der Waals surface area contributed by atoms with E-state index < -0.39 is 0 Å². The van der Waals surface area contributed by atoms with E-state index in [2.05, 4.69) is 18.3 Å². The third-order valence-corrected chi connectivity index (χ3v) is 7.03. The van der Waals surface area contributed by atoms with E-state index >= 15 is 0 Å². The van der Waals surface area contributed by atoms with E-state index in [1.165, 1.54) is 45.6 Å². The summed E-state index contributed by atoms with van der Waals surface area (Å²) in [5.41, 5.74) is 0.787. The molecule has 1 aromatic carbocycles. The van der Waals surface area contributed by atoms with Gasteiger partial charge in [0, 0.05) is 12.1 Å². The zero-order valence-corrected chi connectivity index (χ0v) is 16.2. The number of ether oxygens (including phenoxy) is 2. The van der Waals surface area contributed by atoms with Crippen molar-refractivity contribution in [1.82, 2.24) is 5.32 Å². The third kappa shape index (κ3) is 3.50. The van der Waals surface area contributed by atoms with Gasteiger partial charge in [0.15, 0.2) is 18.1 Å². The number of methoxy groups -OCH3 is 1. The summed E-state index contributed by atoms with van der Waals surface area (Å²) < 4.78 is 10.9. The van der Waals surface area contributed by atoms with Gasteiger partial charge >= 0.3 is 0 Å². The van der Waals surface area contributed by atoms with Crippen molar-refractivity contribution in [3.05, 3.63) is 23.8 Å². The minimum Gasteiger partial charge on any atom is -0.493 e. The van der Waals surface area contributed by atoms with Crippen molar-refractivity contribution < 1.29 is 14.3 Å². The molecule has 4 aliphatic rings. The van der Waals surface area contributed by atoms with E-state index in [0.29, 0.717) is 17.1 Å². The van der Waals surface area contributed by atoms with E-state index in [-0.39, 0.29) is 24.0 Å². The van der Waals surface area contributed by atoms with Crippen molar-refractivity contribution in [2.45, 2.75) is 51.5 Å². The summed E-state index contributed by atoms with van der Waals surface area (Å²) in [6, 6.07) is 7.20. The Bertz CT molecular complexity index is 732. The van der Waals surface area contributed by atoms with E-state index in [4.69, 9.17) is 14.7 Å². The Balaban J connectivity index is 1.35. The van der Waals surface area contributed by atoms with Gasteiger partial charge in [0.2, 0.25) is 0 Å². The van der Waals surface area contributed by atoms with Crippen molar-refractivity contribution >= 4 is 5.91 Å². The van der Waals surface area contributed by atoms with Crippen molar-refractivity contribution in [3.8, 4) is 17.6 Å². The fraction of sp³-hybridized carbons (Fsp3) is 0.636. The highest BCUT2D eigenvalue weighted by molar-refractivity contribution is 5.78. The van der Waals surface area contributed by atoms with Crippen molar-refractivity contribution in [1.29, 1.82) is 5.26 Å². The summed E-state index contributed by atoms with van der Waals surface area (Å²) >= 11 is 0. The maximum Gasteiger partial charge on any atom is 0.258 e. The summed E-state index contributed by atoms with van der Waals surface area (Å²) in [5.74, 6) is 3.47. The predicted molar refractivity (Wildman–Crippen MR) is 101 cm³/mol. The molecule has 0 heterocycles. The monoisotopic (exact) mass is 368 g/mol. The van der Waals surface area contributed by atoms with E-state index in [0.717, 1.165) is 17.8 Å². The number of nitrogens with one attached hydrogen (secondary N) is 1. The molecule has 0 aliphatic heterocycles. The van der Waals surface area contributed by atoms with E-state index in [1.807, 2.05) is 0 Å². The SMILES string of the molecule is COc1cc(C#N)ccc1OCC(=O)NC(C)C12CC3CC(CC(C3)C1)C2. The number of carbonyl (C=O) groups is 1. The Kier molecular flexibility index (Phi) is 4.75. The smallest absolute Gasteiger partial charge is 0.258 e. The molecule has 144 valence electrons. The number of hydrogen-bond acceptors (Lipinski definition) is 4. The van der Waals surface area contributed by atoms with Crippen LogP contribution in [0.3, 0.4) is 0 Å². The maximum atomic E-state index is 12.5. The van der Waals surface area contributed by atoms with E-state index in [9.17, 15) is 4.79 Å². The summed E-state index contributed by atoms with van der Waals surface area (Å²) in [7, 11) is 1.53. The summed E-state index contributed by atoms with van der Waals surface area (Å²) in [6.45, 7) is 2.13. The van der Waals surface area contributed by atoms with Crippen LogP contribution in [-0.2, 0) is 4.79 Å². The topological polar surface area (TPSA) is 71.3 Å². The average Bonchev–Trinajstić information content (AvgIpc) is 2.65. The first-order valence-electron chi connectivity index (χ1n) is 10.0. The molecule has 4 fully saturated rings. The lowest BCUT2D eigenvalue weighted by Gasteiger charge is -2.59. The number of nitriles is 1. The van der Waals surface area contributed by atoms with Gasteiger partial charge < -0.3 is 14.8 Å². The van der Waals surface area contributed by atoms with Crippen LogP contribution in [0, 0.1) is 34.5 Å². The van der Waals surface area contributed by atoms with Crippen LogP contribution in [0.5, 0.6) is 11.5 Å². The van der Waals surface area contributed by atoms with Crippen molar-refractivity contribution in [2.75, 3.05) is 13.7 Å². The first-order valence-corrected chi connectivity index (χ1v) is 10.0. The highest BCUT2D eigenvalue weighted by atomic mass is 16.5. The second-order valence-electron chi connectivity index (χ2n) is 8.84. The molecule has 0 spiro atoms. The highest BCUT2D eigenvalue weighted by Gasteiger charge is 2.53. The molecule has 4 bridgehead atoms. The molecule has 1 N–H and O–H groups in total. The second-order valence-corrected chi connectivity index (χ2v) is 8.84. The molecule has 4 saturated carbocycles. The summed E-state index contributed by atoms with van der Waals surface area (Å²) in [4.78, 5) is 12.5. The van der Waals surface area contributed by atoms with Gasteiger partial charge in [-0.1, -0.05) is 0 Å². The number of benzene rings is 1. The van der Waals surface area contributed by atoms with Gasteiger partial charge in [0.05, 0.1) is 18.7 Å². The normalized spacial score (nSPS) is 31.8. The average molecular weight is 368 g/mol. The van der Waals surface area contributed by atoms with Gasteiger partial charge in [-0.05, 0) is 80.8 Å². The Hall–Kier alpha value is -2.22. The fourth-order valence-electron chi connectivity index (χ4n) is 6.14. The fourth-order valence-corrected chi connectivity index (χ4v) is 6.14. The van der Waals surface area contributed by atoms with Crippen LogP contribution in [-0.4, -0.2) is 25.7 Å². The molecule has 0 radical (unpaired) electrons. The quantitative estimate of drug-likeness (QED) is 0.832. The number of amides is 1. The van der Waals surface area contributed by atoms with Gasteiger partial charge in [0.1, 0.15) is 0 Å². The minimum absolute atomic E-state index is 0.0427. The van der Waals surface area contributed by atoms with Crippen LogP contribution in [0.25, 0.3) is 0 Å². The first-order chi connectivity index (χ1) is 13.0. The van der Waals surface area contributed by atoms with Crippen LogP contribution in [0.1, 0.15) is 51.0 Å². The molecule has 1 amide bonds. The number of nitrogens with zero attached hydrogens (tertiary/aromatic N) is 1. The predicted octanol–water partition coefficient (Wildman–Crippen LogP) is 3.67. The lowest BCUT2D eigenvalue weighted by molar-refractivity contribution is -0.127. The summed E-state index contributed by atoms with van der Waals surface area (Å²) in [6.07, 6.45) is 8.02. The highest BCUT2D eigenvalue weighted by Crippen LogP contribution is 2.61. The molecule has 4 aliphatic carbocycles. The summed E-state index contributed by atoms with van der Waals surface area (Å²) in [5, 5.41) is 12.2. The van der Waals surface area contributed by atoms with Crippen LogP contribution in [0.4, 0.5) is 0 Å². The largest absolute Gasteiger partial charge is 0.493 e. The zero-order valence-electron chi connectivity index (χ0n) is 16.2. The zero-order chi connectivity index (χ0) is 19.0. The molecule has 27 heavy (non-hydrogen) atoms. The Morgan fingerprint density at radius 1 is 1.22 bits per heavy atom. The molecule has 0 saturated heterocycles. The van der Waals surface area contributed by atoms with Crippen LogP contribution in [0.2, 0.25) is 0 Å². The minimum atomic E-state index is -0.0929. The van der Waals surface area contributed by atoms with Crippen molar-refractivity contribution in [3.63, 3.8) is 0 Å². The van der Waals surface area contributed by atoms with Gasteiger partial charge in [-0.15, -0.1) is 0 Å². The van der Waals surface area contributed by atoms with Gasteiger partial charge in [-0.2, -0.15) is 5.26 Å². The lowest BCUT2D eigenvalue weighted by atomic mass is 9.48. The number of carbonyl (C=O) groups excluding carboxylic acids is 1. The Morgan fingerprint density at radius 2 is 1.85 bits per heavy atom. The van der Waals surface area contributed by atoms with Crippen molar-refractivity contribution in [2.24, 2.45) is 23.2 Å². The molecular weight excluding hydrogens is 340 g/mol. The Labute approximate surface area is 161 Å². The van der Waals surface area contributed by atoms with Crippen LogP contribution in [0.15, 0.2) is 18.2 Å². The van der Waals surface area contributed by atoms with Gasteiger partial charge in [-0.3, -0.25) is 4.79 Å². The number of hydrogen-bond donors (Lipinski definition) is 1.